The Labute approximate surface area is 187 Å². The molecular formula is C25H28N2O5. The molecule has 0 fully saturated rings. The molecule has 0 radical (unpaired) electrons. The summed E-state index contributed by atoms with van der Waals surface area (Å²) in [6.07, 6.45) is 2.52. The first kappa shape index (κ1) is 23.2. The second-order valence-corrected chi connectivity index (χ2v) is 7.68. The van der Waals surface area contributed by atoms with Crippen molar-refractivity contribution in [2.75, 3.05) is 13.2 Å². The maximum absolute atomic E-state index is 12.4. The molecule has 1 aliphatic heterocycles. The van der Waals surface area contributed by atoms with Crippen LogP contribution in [0.4, 0.5) is 0 Å². The Balaban J connectivity index is 1.42. The Morgan fingerprint density at radius 2 is 1.53 bits per heavy atom. The van der Waals surface area contributed by atoms with E-state index in [1.807, 2.05) is 30.3 Å². The lowest BCUT2D eigenvalue weighted by atomic mass is 10.1. The van der Waals surface area contributed by atoms with Crippen molar-refractivity contribution in [2.45, 2.75) is 45.1 Å². The van der Waals surface area contributed by atoms with Gasteiger partial charge in [0.25, 0.3) is 11.8 Å². The third-order valence-corrected chi connectivity index (χ3v) is 5.35. The lowest BCUT2D eigenvalue weighted by Gasteiger charge is -2.17. The smallest absolute Gasteiger partial charge is 0.328 e. The summed E-state index contributed by atoms with van der Waals surface area (Å²) in [5.41, 5.74) is 1.83. The van der Waals surface area contributed by atoms with Crippen molar-refractivity contribution in [3.63, 3.8) is 0 Å². The number of hydrogen-bond donors (Lipinski definition) is 1. The highest BCUT2D eigenvalue weighted by molar-refractivity contribution is 6.21. The van der Waals surface area contributed by atoms with Crippen LogP contribution in [-0.4, -0.2) is 47.8 Å². The Morgan fingerprint density at radius 1 is 0.906 bits per heavy atom. The van der Waals surface area contributed by atoms with Gasteiger partial charge in [-0.2, -0.15) is 0 Å². The standard InChI is InChI=1S/C25H28N2O5/c1-2-32-25(31)21(17-18-11-5-3-6-12-18)26-22(28)15-7-4-10-16-27-23(29)19-13-8-9-14-20(19)24(27)30/h3,5-6,8-9,11-14,21H,2,4,7,10,15-17H2,1H3,(H,26,28)/t21-/m1/s1. The molecule has 2 aromatic rings. The summed E-state index contributed by atoms with van der Waals surface area (Å²) in [7, 11) is 0. The number of carbonyl (C=O) groups is 4. The maximum atomic E-state index is 12.4. The van der Waals surface area contributed by atoms with Crippen molar-refractivity contribution in [3.8, 4) is 0 Å². The molecule has 0 unspecified atom stereocenters. The first-order valence-electron chi connectivity index (χ1n) is 11.0. The largest absolute Gasteiger partial charge is 0.464 e. The van der Waals surface area contributed by atoms with Crippen LogP contribution in [0.1, 0.15) is 58.9 Å². The highest BCUT2D eigenvalue weighted by Crippen LogP contribution is 2.22. The van der Waals surface area contributed by atoms with E-state index in [-0.39, 0.29) is 30.7 Å². The van der Waals surface area contributed by atoms with Crippen LogP contribution in [0.5, 0.6) is 0 Å². The first-order chi connectivity index (χ1) is 15.5. The number of fused-ring (bicyclic) bond motifs is 1. The quantitative estimate of drug-likeness (QED) is 0.332. The van der Waals surface area contributed by atoms with Gasteiger partial charge in [-0.3, -0.25) is 19.3 Å². The molecule has 1 N–H and O–H groups in total. The van der Waals surface area contributed by atoms with Crippen LogP contribution in [0.2, 0.25) is 0 Å². The van der Waals surface area contributed by atoms with Gasteiger partial charge in [-0.05, 0) is 37.5 Å². The predicted octanol–water partition coefficient (Wildman–Crippen LogP) is 3.13. The minimum absolute atomic E-state index is 0.222. The van der Waals surface area contributed by atoms with Gasteiger partial charge in [0.05, 0.1) is 17.7 Å². The average molecular weight is 437 g/mol. The normalized spacial score (nSPS) is 13.6. The number of esters is 1. The maximum Gasteiger partial charge on any atom is 0.328 e. The Bertz CT molecular complexity index is 938. The van der Waals surface area contributed by atoms with E-state index in [1.54, 1.807) is 31.2 Å². The molecule has 7 nitrogen and oxygen atoms in total. The number of ether oxygens (including phenoxy) is 1. The van der Waals surface area contributed by atoms with E-state index in [2.05, 4.69) is 5.32 Å². The number of imide groups is 1. The van der Waals surface area contributed by atoms with Crippen molar-refractivity contribution in [1.29, 1.82) is 0 Å². The number of nitrogens with zero attached hydrogens (tertiary/aromatic N) is 1. The number of benzene rings is 2. The van der Waals surface area contributed by atoms with E-state index >= 15 is 0 Å². The van der Waals surface area contributed by atoms with Gasteiger partial charge in [-0.15, -0.1) is 0 Å². The third-order valence-electron chi connectivity index (χ3n) is 5.35. The van der Waals surface area contributed by atoms with Crippen LogP contribution in [0.15, 0.2) is 54.6 Å². The van der Waals surface area contributed by atoms with Gasteiger partial charge in [-0.25, -0.2) is 4.79 Å². The van der Waals surface area contributed by atoms with Crippen molar-refractivity contribution < 1.29 is 23.9 Å². The summed E-state index contributed by atoms with van der Waals surface area (Å²) >= 11 is 0. The van der Waals surface area contributed by atoms with Crippen molar-refractivity contribution >= 4 is 23.7 Å². The van der Waals surface area contributed by atoms with Gasteiger partial charge in [0.2, 0.25) is 5.91 Å². The van der Waals surface area contributed by atoms with E-state index in [1.165, 1.54) is 4.90 Å². The van der Waals surface area contributed by atoms with Crippen LogP contribution >= 0.6 is 0 Å². The van der Waals surface area contributed by atoms with Crippen molar-refractivity contribution in [3.05, 3.63) is 71.3 Å². The summed E-state index contributed by atoms with van der Waals surface area (Å²) in [6, 6.07) is 15.5. The van der Waals surface area contributed by atoms with Crippen LogP contribution in [-0.2, 0) is 20.7 Å². The number of rotatable bonds is 11. The van der Waals surface area contributed by atoms with Gasteiger partial charge in [0, 0.05) is 19.4 Å². The topological polar surface area (TPSA) is 92.8 Å². The molecule has 1 atom stereocenters. The average Bonchev–Trinajstić information content (AvgIpc) is 3.04. The minimum Gasteiger partial charge on any atom is -0.464 e. The zero-order valence-corrected chi connectivity index (χ0v) is 18.2. The van der Waals surface area contributed by atoms with Crippen LogP contribution < -0.4 is 5.32 Å². The van der Waals surface area contributed by atoms with E-state index in [9.17, 15) is 19.2 Å². The highest BCUT2D eigenvalue weighted by atomic mass is 16.5. The molecule has 0 saturated heterocycles. The summed E-state index contributed by atoms with van der Waals surface area (Å²) < 4.78 is 5.10. The molecule has 3 rings (SSSR count). The lowest BCUT2D eigenvalue weighted by Crippen LogP contribution is -2.43. The predicted molar refractivity (Wildman–Crippen MR) is 119 cm³/mol. The monoisotopic (exact) mass is 436 g/mol. The highest BCUT2D eigenvalue weighted by Gasteiger charge is 2.34. The second-order valence-electron chi connectivity index (χ2n) is 7.68. The van der Waals surface area contributed by atoms with E-state index < -0.39 is 12.0 Å². The number of amides is 3. The van der Waals surface area contributed by atoms with Gasteiger partial charge in [0.15, 0.2) is 0 Å². The van der Waals surface area contributed by atoms with E-state index in [4.69, 9.17) is 4.74 Å². The molecule has 3 amide bonds. The lowest BCUT2D eigenvalue weighted by molar-refractivity contribution is -0.147. The second kappa shape index (κ2) is 11.2. The molecule has 0 saturated carbocycles. The molecule has 0 spiro atoms. The van der Waals surface area contributed by atoms with Gasteiger partial charge in [-0.1, -0.05) is 48.9 Å². The van der Waals surface area contributed by atoms with Crippen molar-refractivity contribution in [1.82, 2.24) is 10.2 Å². The number of hydrogen-bond acceptors (Lipinski definition) is 5. The van der Waals surface area contributed by atoms with Gasteiger partial charge in [0.1, 0.15) is 6.04 Å². The van der Waals surface area contributed by atoms with Gasteiger partial charge >= 0.3 is 5.97 Å². The molecule has 0 bridgehead atoms. The Kier molecular flexibility index (Phi) is 8.14. The summed E-state index contributed by atoms with van der Waals surface area (Å²) in [6.45, 7) is 2.30. The van der Waals surface area contributed by atoms with Crippen molar-refractivity contribution in [2.24, 2.45) is 0 Å². The summed E-state index contributed by atoms with van der Waals surface area (Å²) in [5.74, 6) is -1.20. The van der Waals surface area contributed by atoms with Crippen LogP contribution in [0, 0.1) is 0 Å². The van der Waals surface area contributed by atoms with E-state index in [0.29, 0.717) is 43.4 Å². The molecule has 0 aliphatic carbocycles. The first-order valence-corrected chi connectivity index (χ1v) is 11.0. The number of nitrogens with one attached hydrogen (secondary N) is 1. The fraction of sp³-hybridized carbons (Fsp3) is 0.360. The molecule has 7 heteroatoms. The molecule has 168 valence electrons. The van der Waals surface area contributed by atoms with Crippen LogP contribution in [0.25, 0.3) is 0 Å². The molecule has 1 heterocycles. The summed E-state index contributed by atoms with van der Waals surface area (Å²) in [4.78, 5) is 50.6. The molecule has 1 aliphatic rings. The molecule has 2 aromatic carbocycles. The zero-order chi connectivity index (χ0) is 22.9. The Morgan fingerprint density at radius 3 is 2.16 bits per heavy atom. The Hall–Kier alpha value is -3.48. The molecule has 0 aromatic heterocycles. The molecule has 32 heavy (non-hydrogen) atoms. The minimum atomic E-state index is -0.733. The van der Waals surface area contributed by atoms with E-state index in [0.717, 1.165) is 5.56 Å². The van der Waals surface area contributed by atoms with Gasteiger partial charge < -0.3 is 10.1 Å². The number of unbranched alkanes of at least 4 members (excludes halogenated alkanes) is 2. The fourth-order valence-corrected chi connectivity index (χ4v) is 3.73. The zero-order valence-electron chi connectivity index (χ0n) is 18.2. The number of carbonyl (C=O) groups excluding carboxylic acids is 4. The van der Waals surface area contributed by atoms with Crippen LogP contribution in [0.3, 0.4) is 0 Å². The third kappa shape index (κ3) is 5.81. The SMILES string of the molecule is CCOC(=O)[C@@H](Cc1ccccc1)NC(=O)CCCCCN1C(=O)c2ccccc2C1=O. The molecular weight excluding hydrogens is 408 g/mol. The summed E-state index contributed by atoms with van der Waals surface area (Å²) in [5, 5.41) is 2.78. The fourth-order valence-electron chi connectivity index (χ4n) is 3.73.